The van der Waals surface area contributed by atoms with E-state index in [1.807, 2.05) is 11.8 Å². The van der Waals surface area contributed by atoms with Crippen LogP contribution in [0.1, 0.15) is 33.1 Å². The van der Waals surface area contributed by atoms with Gasteiger partial charge in [0.15, 0.2) is 0 Å². The van der Waals surface area contributed by atoms with Crippen LogP contribution < -0.4 is 0 Å². The van der Waals surface area contributed by atoms with Crippen molar-refractivity contribution in [2.45, 2.75) is 45.2 Å². The second-order valence-electron chi connectivity index (χ2n) is 3.53. The molecule has 1 amide bonds. The Morgan fingerprint density at radius 2 is 2.23 bits per heavy atom. The molecule has 0 aromatic carbocycles. The average Bonchev–Trinajstić information content (AvgIpc) is 2.86. The Hall–Kier alpha value is -0.930. The number of nitroso groups, excluding NO2 is 1. The fourth-order valence-corrected chi connectivity index (χ4v) is 1.66. The van der Waals surface area contributed by atoms with Gasteiger partial charge in [0.25, 0.3) is 0 Å². The highest BCUT2D eigenvalue weighted by atomic mass is 16.3. The minimum atomic E-state index is 0.0162. The van der Waals surface area contributed by atoms with Crippen LogP contribution in [0.4, 0.5) is 0 Å². The average molecular weight is 184 g/mol. The molecule has 0 aliphatic heterocycles. The summed E-state index contributed by atoms with van der Waals surface area (Å²) in [5.74, 6) is 0.0676. The van der Waals surface area contributed by atoms with Crippen molar-refractivity contribution in [3.8, 4) is 0 Å². The zero-order valence-corrected chi connectivity index (χ0v) is 8.19. The molecule has 1 rings (SSSR count). The molecule has 1 aliphatic rings. The Kier molecular flexibility index (Phi) is 3.39. The van der Waals surface area contributed by atoms with Crippen LogP contribution >= 0.6 is 0 Å². The van der Waals surface area contributed by atoms with Gasteiger partial charge in [-0.05, 0) is 19.3 Å². The monoisotopic (exact) mass is 184 g/mol. The quantitative estimate of drug-likeness (QED) is 0.608. The molecule has 1 saturated carbocycles. The van der Waals surface area contributed by atoms with E-state index in [0.717, 1.165) is 19.3 Å². The van der Waals surface area contributed by atoms with Gasteiger partial charge < -0.3 is 4.90 Å². The van der Waals surface area contributed by atoms with Crippen molar-refractivity contribution in [2.75, 3.05) is 6.54 Å². The Morgan fingerprint density at radius 1 is 1.62 bits per heavy atom. The Balaban J connectivity index is 2.59. The number of hydrogen-bond acceptors (Lipinski definition) is 3. The van der Waals surface area contributed by atoms with Gasteiger partial charge in [0.05, 0.1) is 6.04 Å². The molecule has 4 heteroatoms. The van der Waals surface area contributed by atoms with E-state index in [1.165, 1.54) is 0 Å². The summed E-state index contributed by atoms with van der Waals surface area (Å²) in [6, 6.07) is 0.395. The van der Waals surface area contributed by atoms with Crippen LogP contribution in [0.2, 0.25) is 0 Å². The summed E-state index contributed by atoms with van der Waals surface area (Å²) in [6.45, 7) is 3.77. The van der Waals surface area contributed by atoms with Crippen molar-refractivity contribution < 1.29 is 4.79 Å². The van der Waals surface area contributed by atoms with Crippen molar-refractivity contribution >= 4 is 5.91 Å². The Morgan fingerprint density at radius 3 is 2.54 bits per heavy atom. The molecule has 0 aromatic rings. The number of amides is 1. The lowest BCUT2D eigenvalue weighted by Crippen LogP contribution is -2.42. The predicted molar refractivity (Wildman–Crippen MR) is 50.3 cm³/mol. The maximum absolute atomic E-state index is 11.3. The first-order valence-corrected chi connectivity index (χ1v) is 4.78. The SMILES string of the molecule is CC[C@H](CN=O)N(C(C)=O)C1CC1. The molecular weight excluding hydrogens is 168 g/mol. The van der Waals surface area contributed by atoms with Gasteiger partial charge >= 0.3 is 0 Å². The van der Waals surface area contributed by atoms with E-state index in [4.69, 9.17) is 0 Å². The lowest BCUT2D eigenvalue weighted by Gasteiger charge is -2.28. The maximum Gasteiger partial charge on any atom is 0.220 e. The summed E-state index contributed by atoms with van der Waals surface area (Å²) in [6.07, 6.45) is 2.96. The van der Waals surface area contributed by atoms with Gasteiger partial charge in [-0.25, -0.2) is 0 Å². The summed E-state index contributed by atoms with van der Waals surface area (Å²) >= 11 is 0. The molecule has 13 heavy (non-hydrogen) atoms. The van der Waals surface area contributed by atoms with E-state index in [0.29, 0.717) is 6.04 Å². The molecule has 1 fully saturated rings. The van der Waals surface area contributed by atoms with E-state index < -0.39 is 0 Å². The number of nitrogens with zero attached hydrogens (tertiary/aromatic N) is 2. The topological polar surface area (TPSA) is 49.7 Å². The first kappa shape index (κ1) is 10.2. The molecule has 0 bridgehead atoms. The Labute approximate surface area is 78.3 Å². The number of hydrogen-bond donors (Lipinski definition) is 0. The zero-order chi connectivity index (χ0) is 9.84. The van der Waals surface area contributed by atoms with Gasteiger partial charge in [-0.2, -0.15) is 4.91 Å². The highest BCUT2D eigenvalue weighted by molar-refractivity contribution is 5.74. The minimum absolute atomic E-state index is 0.0162. The molecule has 0 spiro atoms. The molecule has 4 nitrogen and oxygen atoms in total. The second kappa shape index (κ2) is 4.35. The summed E-state index contributed by atoms with van der Waals surface area (Å²) in [5.41, 5.74) is 0. The fraction of sp³-hybridized carbons (Fsp3) is 0.889. The van der Waals surface area contributed by atoms with Crippen LogP contribution in [0.15, 0.2) is 5.18 Å². The normalized spacial score (nSPS) is 18.0. The van der Waals surface area contributed by atoms with Crippen molar-refractivity contribution in [1.29, 1.82) is 0 Å². The highest BCUT2D eigenvalue weighted by Gasteiger charge is 2.34. The van der Waals surface area contributed by atoms with Crippen molar-refractivity contribution in [3.05, 3.63) is 4.91 Å². The smallest absolute Gasteiger partial charge is 0.220 e. The summed E-state index contributed by atoms with van der Waals surface area (Å²) < 4.78 is 0. The van der Waals surface area contributed by atoms with E-state index in [2.05, 4.69) is 5.18 Å². The largest absolute Gasteiger partial charge is 0.335 e. The fourth-order valence-electron chi connectivity index (χ4n) is 1.66. The third kappa shape index (κ3) is 2.50. The molecular formula is C9H16N2O2. The van der Waals surface area contributed by atoms with Crippen LogP contribution in [-0.2, 0) is 4.79 Å². The maximum atomic E-state index is 11.3. The van der Waals surface area contributed by atoms with Crippen LogP contribution in [0.5, 0.6) is 0 Å². The molecule has 0 radical (unpaired) electrons. The van der Waals surface area contributed by atoms with Crippen molar-refractivity contribution in [2.24, 2.45) is 5.18 Å². The molecule has 74 valence electrons. The Bertz CT molecular complexity index is 202. The minimum Gasteiger partial charge on any atom is -0.335 e. The van der Waals surface area contributed by atoms with Crippen molar-refractivity contribution in [1.82, 2.24) is 4.90 Å². The first-order chi connectivity index (χ1) is 6.20. The van der Waals surface area contributed by atoms with Gasteiger partial charge in [-0.15, -0.1) is 0 Å². The lowest BCUT2D eigenvalue weighted by atomic mass is 10.2. The van der Waals surface area contributed by atoms with Gasteiger partial charge in [0.2, 0.25) is 5.91 Å². The summed E-state index contributed by atoms with van der Waals surface area (Å²) in [5, 5.41) is 2.88. The molecule has 0 unspecified atom stereocenters. The van der Waals surface area contributed by atoms with Crippen molar-refractivity contribution in [3.63, 3.8) is 0 Å². The molecule has 1 atom stereocenters. The third-order valence-corrected chi connectivity index (χ3v) is 2.45. The number of carbonyl (C=O) groups excluding carboxylic acids is 1. The number of rotatable bonds is 5. The molecule has 0 N–H and O–H groups in total. The van der Waals surface area contributed by atoms with E-state index in [9.17, 15) is 9.70 Å². The summed E-state index contributed by atoms with van der Waals surface area (Å²) in [7, 11) is 0. The zero-order valence-electron chi connectivity index (χ0n) is 8.19. The van der Waals surface area contributed by atoms with E-state index in [1.54, 1.807) is 6.92 Å². The summed E-state index contributed by atoms with van der Waals surface area (Å²) in [4.78, 5) is 23.3. The van der Waals surface area contributed by atoms with Crippen LogP contribution in [0, 0.1) is 4.91 Å². The highest BCUT2D eigenvalue weighted by Crippen LogP contribution is 2.29. The van der Waals surface area contributed by atoms with Crippen LogP contribution in [-0.4, -0.2) is 29.4 Å². The van der Waals surface area contributed by atoms with E-state index in [-0.39, 0.29) is 18.5 Å². The second-order valence-corrected chi connectivity index (χ2v) is 3.53. The molecule has 1 aliphatic carbocycles. The standard InChI is InChI=1S/C9H16N2O2/c1-3-8(6-10-13)11(7(2)12)9-4-5-9/h8-9H,3-6H2,1-2H3/t8-/m1/s1. The van der Waals surface area contributed by atoms with Crippen LogP contribution in [0.25, 0.3) is 0 Å². The first-order valence-electron chi connectivity index (χ1n) is 4.78. The van der Waals surface area contributed by atoms with Gasteiger partial charge in [0, 0.05) is 13.0 Å². The predicted octanol–water partition coefficient (Wildman–Crippen LogP) is 1.54. The van der Waals surface area contributed by atoms with Crippen LogP contribution in [0.3, 0.4) is 0 Å². The van der Waals surface area contributed by atoms with Gasteiger partial charge in [-0.1, -0.05) is 12.1 Å². The van der Waals surface area contributed by atoms with Gasteiger partial charge in [0.1, 0.15) is 6.54 Å². The third-order valence-electron chi connectivity index (χ3n) is 2.45. The molecule has 0 saturated heterocycles. The van der Waals surface area contributed by atoms with E-state index >= 15 is 0 Å². The number of carbonyl (C=O) groups is 1. The molecule has 0 heterocycles. The lowest BCUT2D eigenvalue weighted by molar-refractivity contribution is -0.131. The molecule has 0 aromatic heterocycles. The van der Waals surface area contributed by atoms with Gasteiger partial charge in [-0.3, -0.25) is 4.79 Å².